The Morgan fingerprint density at radius 2 is 1.89 bits per heavy atom. The number of hydrogen-bond donors (Lipinski definition) is 0. The SMILES string of the molecule is O=S1(=O)CC(C2(CCl)CCCC2)c2ccccc21. The number of hydrogen-bond acceptors (Lipinski definition) is 2. The van der Waals surface area contributed by atoms with Gasteiger partial charge in [0.15, 0.2) is 9.84 Å². The molecule has 1 atom stereocenters. The summed E-state index contributed by atoms with van der Waals surface area (Å²) in [5.41, 5.74) is 1.00. The third kappa shape index (κ3) is 1.71. The molecule has 1 saturated carbocycles. The van der Waals surface area contributed by atoms with Crippen molar-refractivity contribution in [3.63, 3.8) is 0 Å². The normalized spacial score (nSPS) is 28.2. The second kappa shape index (κ2) is 4.24. The van der Waals surface area contributed by atoms with Gasteiger partial charge in [-0.15, -0.1) is 11.6 Å². The molecular formula is C14H17ClO2S. The molecule has 1 aromatic carbocycles. The highest BCUT2D eigenvalue weighted by Gasteiger charge is 2.48. The van der Waals surface area contributed by atoms with Crippen molar-refractivity contribution in [1.82, 2.24) is 0 Å². The first-order valence-electron chi connectivity index (χ1n) is 6.47. The molecule has 1 fully saturated rings. The van der Waals surface area contributed by atoms with Crippen LogP contribution in [0.2, 0.25) is 0 Å². The van der Waals surface area contributed by atoms with E-state index < -0.39 is 9.84 Å². The number of sulfone groups is 1. The summed E-state index contributed by atoms with van der Waals surface area (Å²) in [5.74, 6) is 0.916. The largest absolute Gasteiger partial charge is 0.224 e. The molecule has 0 saturated heterocycles. The molecule has 0 radical (unpaired) electrons. The van der Waals surface area contributed by atoms with E-state index in [-0.39, 0.29) is 17.1 Å². The smallest absolute Gasteiger partial charge is 0.179 e. The molecule has 0 spiro atoms. The van der Waals surface area contributed by atoms with Crippen LogP contribution < -0.4 is 0 Å². The van der Waals surface area contributed by atoms with Gasteiger partial charge in [-0.2, -0.15) is 0 Å². The van der Waals surface area contributed by atoms with Gasteiger partial charge in [-0.25, -0.2) is 8.42 Å². The first kappa shape index (κ1) is 12.5. The van der Waals surface area contributed by atoms with Gasteiger partial charge in [0.25, 0.3) is 0 Å². The van der Waals surface area contributed by atoms with Gasteiger partial charge in [0.1, 0.15) is 0 Å². The molecule has 1 aromatic rings. The zero-order valence-electron chi connectivity index (χ0n) is 10.2. The van der Waals surface area contributed by atoms with Gasteiger partial charge < -0.3 is 0 Å². The van der Waals surface area contributed by atoms with E-state index in [0.717, 1.165) is 18.4 Å². The molecule has 0 aromatic heterocycles. The van der Waals surface area contributed by atoms with E-state index in [2.05, 4.69) is 0 Å². The van der Waals surface area contributed by atoms with Crippen LogP contribution in [0.3, 0.4) is 0 Å². The highest BCUT2D eigenvalue weighted by atomic mass is 35.5. The minimum absolute atomic E-state index is 0.00122. The Kier molecular flexibility index (Phi) is 2.94. The van der Waals surface area contributed by atoms with Crippen molar-refractivity contribution < 1.29 is 8.42 Å². The van der Waals surface area contributed by atoms with Crippen molar-refractivity contribution >= 4 is 21.4 Å². The van der Waals surface area contributed by atoms with Gasteiger partial charge in [-0.1, -0.05) is 31.0 Å². The van der Waals surface area contributed by atoms with Crippen LogP contribution in [-0.4, -0.2) is 20.1 Å². The second-order valence-electron chi connectivity index (χ2n) is 5.57. The summed E-state index contributed by atoms with van der Waals surface area (Å²) < 4.78 is 24.5. The average Bonchev–Trinajstić information content (AvgIpc) is 2.94. The number of rotatable bonds is 2. The van der Waals surface area contributed by atoms with E-state index in [0.29, 0.717) is 10.8 Å². The fourth-order valence-corrected chi connectivity index (χ4v) is 6.07. The van der Waals surface area contributed by atoms with Gasteiger partial charge in [-0.3, -0.25) is 0 Å². The molecule has 0 amide bonds. The molecule has 3 rings (SSSR count). The fraction of sp³-hybridized carbons (Fsp3) is 0.571. The summed E-state index contributed by atoms with van der Waals surface area (Å²) in [4.78, 5) is 0.534. The van der Waals surface area contributed by atoms with Crippen molar-refractivity contribution in [3.05, 3.63) is 29.8 Å². The van der Waals surface area contributed by atoms with Gasteiger partial charge >= 0.3 is 0 Å². The van der Waals surface area contributed by atoms with Crippen LogP contribution in [0.15, 0.2) is 29.2 Å². The zero-order valence-corrected chi connectivity index (χ0v) is 11.8. The minimum atomic E-state index is -3.10. The van der Waals surface area contributed by atoms with Crippen LogP contribution >= 0.6 is 11.6 Å². The van der Waals surface area contributed by atoms with Gasteiger partial charge in [0, 0.05) is 11.8 Å². The van der Waals surface area contributed by atoms with Gasteiger partial charge in [0.2, 0.25) is 0 Å². The summed E-state index contributed by atoms with van der Waals surface area (Å²) >= 11 is 6.21. The zero-order chi connectivity index (χ0) is 12.8. The van der Waals surface area contributed by atoms with Crippen LogP contribution in [0, 0.1) is 5.41 Å². The third-order valence-electron chi connectivity index (χ3n) is 4.62. The Bertz CT molecular complexity index is 559. The van der Waals surface area contributed by atoms with E-state index in [4.69, 9.17) is 11.6 Å². The molecule has 1 heterocycles. The van der Waals surface area contributed by atoms with E-state index in [1.165, 1.54) is 12.8 Å². The summed E-state index contributed by atoms with van der Waals surface area (Å²) in [7, 11) is -3.10. The molecule has 4 heteroatoms. The van der Waals surface area contributed by atoms with E-state index in [1.54, 1.807) is 12.1 Å². The highest BCUT2D eigenvalue weighted by Crippen LogP contribution is 2.54. The summed E-state index contributed by atoms with van der Waals surface area (Å²) in [6.45, 7) is 0. The fourth-order valence-electron chi connectivity index (χ4n) is 3.61. The number of halogens is 1. The summed E-state index contributed by atoms with van der Waals surface area (Å²) in [5, 5.41) is 0. The topological polar surface area (TPSA) is 34.1 Å². The van der Waals surface area contributed by atoms with Crippen LogP contribution in [0.5, 0.6) is 0 Å². The van der Waals surface area contributed by atoms with Gasteiger partial charge in [0.05, 0.1) is 10.6 Å². The summed E-state index contributed by atoms with van der Waals surface area (Å²) in [6, 6.07) is 7.45. The van der Waals surface area contributed by atoms with Crippen LogP contribution in [0.25, 0.3) is 0 Å². The van der Waals surface area contributed by atoms with E-state index in [1.807, 2.05) is 12.1 Å². The predicted molar refractivity (Wildman–Crippen MR) is 72.9 cm³/mol. The Labute approximate surface area is 113 Å². The minimum Gasteiger partial charge on any atom is -0.224 e. The predicted octanol–water partition coefficient (Wildman–Crippen LogP) is 3.36. The third-order valence-corrected chi connectivity index (χ3v) is 6.97. The first-order chi connectivity index (χ1) is 8.59. The van der Waals surface area contributed by atoms with Crippen LogP contribution in [-0.2, 0) is 9.84 Å². The van der Waals surface area contributed by atoms with Crippen LogP contribution in [0.4, 0.5) is 0 Å². The van der Waals surface area contributed by atoms with Crippen molar-refractivity contribution in [2.75, 3.05) is 11.6 Å². The Morgan fingerprint density at radius 3 is 2.56 bits per heavy atom. The maximum Gasteiger partial charge on any atom is 0.179 e. The standard InChI is InChI=1S/C14H17ClO2S/c15-10-14(7-3-4-8-14)12-9-18(16,17)13-6-2-1-5-11(12)13/h1-2,5-6,12H,3-4,7-10H2. The summed E-state index contributed by atoms with van der Waals surface area (Å²) in [6.07, 6.45) is 4.47. The first-order valence-corrected chi connectivity index (χ1v) is 8.65. The quantitative estimate of drug-likeness (QED) is 0.781. The van der Waals surface area contributed by atoms with Crippen LogP contribution in [0.1, 0.15) is 37.2 Å². The number of alkyl halides is 1. The maximum atomic E-state index is 12.2. The lowest BCUT2D eigenvalue weighted by atomic mass is 9.73. The Balaban J connectivity index is 2.11. The Hall–Kier alpha value is -0.540. The van der Waals surface area contributed by atoms with E-state index in [9.17, 15) is 8.42 Å². The highest BCUT2D eigenvalue weighted by molar-refractivity contribution is 7.91. The number of benzene rings is 1. The molecule has 2 aliphatic rings. The average molecular weight is 285 g/mol. The van der Waals surface area contributed by atoms with Crippen molar-refractivity contribution in [1.29, 1.82) is 0 Å². The van der Waals surface area contributed by atoms with Crippen molar-refractivity contribution in [2.45, 2.75) is 36.5 Å². The lowest BCUT2D eigenvalue weighted by molar-refractivity contribution is 0.285. The van der Waals surface area contributed by atoms with E-state index >= 15 is 0 Å². The number of fused-ring (bicyclic) bond motifs is 1. The monoisotopic (exact) mass is 284 g/mol. The molecule has 18 heavy (non-hydrogen) atoms. The lowest BCUT2D eigenvalue weighted by Gasteiger charge is -2.33. The molecule has 0 N–H and O–H groups in total. The molecule has 1 aliphatic heterocycles. The molecule has 0 bridgehead atoms. The maximum absolute atomic E-state index is 12.2. The molecule has 1 unspecified atom stereocenters. The van der Waals surface area contributed by atoms with Gasteiger partial charge in [-0.05, 0) is 29.9 Å². The van der Waals surface area contributed by atoms with Crippen molar-refractivity contribution in [3.8, 4) is 0 Å². The Morgan fingerprint density at radius 1 is 1.22 bits per heavy atom. The molecule has 98 valence electrons. The molecular weight excluding hydrogens is 268 g/mol. The molecule has 1 aliphatic carbocycles. The molecule has 2 nitrogen and oxygen atoms in total. The lowest BCUT2D eigenvalue weighted by Crippen LogP contribution is -2.29. The van der Waals surface area contributed by atoms with Crippen molar-refractivity contribution in [2.24, 2.45) is 5.41 Å². The second-order valence-corrected chi connectivity index (χ2v) is 7.84.